The van der Waals surface area contributed by atoms with Crippen LogP contribution in [-0.4, -0.2) is 54.6 Å². The molecule has 0 spiro atoms. The predicted octanol–water partition coefficient (Wildman–Crippen LogP) is 1.10. The van der Waals surface area contributed by atoms with Crippen molar-refractivity contribution in [3.05, 3.63) is 42.2 Å². The zero-order valence-corrected chi connectivity index (χ0v) is 16.8. The Hall–Kier alpha value is -3.40. The molecule has 0 saturated carbocycles. The first kappa shape index (κ1) is 21.3. The highest BCUT2D eigenvalue weighted by Crippen LogP contribution is 2.31. The van der Waals surface area contributed by atoms with Crippen LogP contribution in [0.2, 0.25) is 0 Å². The Bertz CT molecular complexity index is 856. The second kappa shape index (κ2) is 10.4. The molecule has 1 fully saturated rings. The van der Waals surface area contributed by atoms with Gasteiger partial charge in [-0.25, -0.2) is 9.97 Å². The minimum absolute atomic E-state index is 0.00839. The molecule has 0 atom stereocenters. The number of hydrogen-bond acceptors (Lipinski definition) is 9. The summed E-state index contributed by atoms with van der Waals surface area (Å²) in [6.07, 6.45) is 5.31. The number of nitrogens with zero attached hydrogens (tertiary/aromatic N) is 3. The number of amides is 1. The van der Waals surface area contributed by atoms with Crippen LogP contribution in [0.5, 0.6) is 5.75 Å². The van der Waals surface area contributed by atoms with Crippen molar-refractivity contribution in [1.82, 2.24) is 15.3 Å². The second-order valence-corrected chi connectivity index (χ2v) is 6.86. The molecule has 1 aliphatic heterocycles. The number of methoxy groups -OCH3 is 1. The van der Waals surface area contributed by atoms with Crippen LogP contribution in [0.25, 0.3) is 0 Å². The van der Waals surface area contributed by atoms with E-state index in [1.165, 1.54) is 0 Å². The van der Waals surface area contributed by atoms with Crippen LogP contribution in [0, 0.1) is 0 Å². The van der Waals surface area contributed by atoms with E-state index in [1.54, 1.807) is 37.7 Å². The normalized spacial score (nSPS) is 14.1. The minimum Gasteiger partial charge on any atom is -0.495 e. The molecule has 2 aromatic rings. The smallest absolute Gasteiger partial charge is 0.326 e. The van der Waals surface area contributed by atoms with E-state index in [4.69, 9.17) is 10.6 Å². The molecule has 3 rings (SSSR count). The number of aromatic nitrogens is 2. The van der Waals surface area contributed by atoms with E-state index in [0.29, 0.717) is 23.3 Å². The standard InChI is InChI=1S/C20H26N6O4/c1-29-17-13-14(19(28)22-10-5-18(27)30-21)3-4-16(17)26-11-6-15(7-12-26)25-20-23-8-2-9-24-20/h2-4,8-9,13,15H,5-7,10-12,21H2,1H3,(H,22,28)(H,23,24,25). The fraction of sp³-hybridized carbons (Fsp3) is 0.400. The molecular weight excluding hydrogens is 388 g/mol. The summed E-state index contributed by atoms with van der Waals surface area (Å²) in [5, 5.41) is 6.02. The molecule has 1 aliphatic rings. The van der Waals surface area contributed by atoms with Gasteiger partial charge in [-0.15, -0.1) is 0 Å². The molecule has 1 aromatic carbocycles. The average molecular weight is 414 g/mol. The molecule has 4 N–H and O–H groups in total. The quantitative estimate of drug-likeness (QED) is 0.543. The summed E-state index contributed by atoms with van der Waals surface area (Å²) in [5.41, 5.74) is 1.39. The fourth-order valence-corrected chi connectivity index (χ4v) is 3.34. The van der Waals surface area contributed by atoms with E-state index in [9.17, 15) is 9.59 Å². The van der Waals surface area contributed by atoms with Gasteiger partial charge in [0, 0.05) is 43.6 Å². The van der Waals surface area contributed by atoms with Crippen molar-refractivity contribution in [2.45, 2.75) is 25.3 Å². The Balaban J connectivity index is 1.57. The summed E-state index contributed by atoms with van der Waals surface area (Å²) in [6, 6.07) is 7.43. The average Bonchev–Trinajstić information content (AvgIpc) is 2.79. The van der Waals surface area contributed by atoms with Crippen molar-refractivity contribution < 1.29 is 19.2 Å². The van der Waals surface area contributed by atoms with Crippen LogP contribution in [-0.2, 0) is 9.63 Å². The summed E-state index contributed by atoms with van der Waals surface area (Å²) >= 11 is 0. The lowest BCUT2D eigenvalue weighted by molar-refractivity contribution is -0.144. The molecule has 1 saturated heterocycles. The Morgan fingerprint density at radius 3 is 2.63 bits per heavy atom. The molecule has 0 bridgehead atoms. The van der Waals surface area contributed by atoms with Crippen molar-refractivity contribution in [3.8, 4) is 5.75 Å². The number of rotatable bonds is 8. The van der Waals surface area contributed by atoms with Gasteiger partial charge in [-0.05, 0) is 37.1 Å². The fourth-order valence-electron chi connectivity index (χ4n) is 3.34. The number of anilines is 2. The van der Waals surface area contributed by atoms with Crippen molar-refractivity contribution in [2.24, 2.45) is 5.90 Å². The molecule has 0 unspecified atom stereocenters. The van der Waals surface area contributed by atoms with Gasteiger partial charge in [-0.1, -0.05) is 0 Å². The molecular formula is C20H26N6O4. The number of piperidine rings is 1. The monoisotopic (exact) mass is 414 g/mol. The topological polar surface area (TPSA) is 132 Å². The molecule has 0 radical (unpaired) electrons. The number of carbonyl (C=O) groups excluding carboxylic acids is 2. The van der Waals surface area contributed by atoms with E-state index in [-0.39, 0.29) is 18.9 Å². The van der Waals surface area contributed by atoms with Gasteiger partial charge in [0.2, 0.25) is 5.95 Å². The summed E-state index contributed by atoms with van der Waals surface area (Å²) in [4.78, 5) is 38.1. The predicted molar refractivity (Wildman–Crippen MR) is 111 cm³/mol. The molecule has 1 aromatic heterocycles. The SMILES string of the molecule is COc1cc(C(=O)NCCC(=O)ON)ccc1N1CCC(Nc2ncccn2)CC1. The van der Waals surface area contributed by atoms with Crippen LogP contribution in [0.4, 0.5) is 11.6 Å². The van der Waals surface area contributed by atoms with Gasteiger partial charge < -0.3 is 25.1 Å². The third-order valence-corrected chi connectivity index (χ3v) is 4.92. The zero-order chi connectivity index (χ0) is 21.3. The summed E-state index contributed by atoms with van der Waals surface area (Å²) < 4.78 is 5.52. The third-order valence-electron chi connectivity index (χ3n) is 4.92. The Labute approximate surface area is 174 Å². The van der Waals surface area contributed by atoms with Gasteiger partial charge in [0.25, 0.3) is 5.91 Å². The molecule has 30 heavy (non-hydrogen) atoms. The first-order valence-electron chi connectivity index (χ1n) is 9.75. The number of hydrogen-bond donors (Lipinski definition) is 3. The second-order valence-electron chi connectivity index (χ2n) is 6.86. The van der Waals surface area contributed by atoms with E-state index in [0.717, 1.165) is 31.6 Å². The third kappa shape index (κ3) is 5.57. The van der Waals surface area contributed by atoms with E-state index >= 15 is 0 Å². The van der Waals surface area contributed by atoms with Crippen LogP contribution >= 0.6 is 0 Å². The lowest BCUT2D eigenvalue weighted by Gasteiger charge is -2.34. The zero-order valence-electron chi connectivity index (χ0n) is 16.8. The van der Waals surface area contributed by atoms with Crippen LogP contribution in [0.1, 0.15) is 29.6 Å². The molecule has 2 heterocycles. The van der Waals surface area contributed by atoms with E-state index in [2.05, 4.69) is 30.3 Å². The van der Waals surface area contributed by atoms with E-state index < -0.39 is 5.97 Å². The van der Waals surface area contributed by atoms with Crippen LogP contribution in [0.3, 0.4) is 0 Å². The summed E-state index contributed by atoms with van der Waals surface area (Å²) in [6.45, 7) is 1.83. The highest BCUT2D eigenvalue weighted by atomic mass is 16.7. The van der Waals surface area contributed by atoms with Crippen LogP contribution < -0.4 is 26.2 Å². The van der Waals surface area contributed by atoms with Crippen molar-refractivity contribution >= 4 is 23.5 Å². The molecule has 10 nitrogen and oxygen atoms in total. The molecule has 0 aliphatic carbocycles. The summed E-state index contributed by atoms with van der Waals surface area (Å²) in [5.74, 6) is 5.17. The summed E-state index contributed by atoms with van der Waals surface area (Å²) in [7, 11) is 1.58. The van der Waals surface area contributed by atoms with Crippen molar-refractivity contribution in [1.29, 1.82) is 0 Å². The molecule has 1 amide bonds. The Morgan fingerprint density at radius 2 is 1.97 bits per heavy atom. The van der Waals surface area contributed by atoms with Gasteiger partial charge in [-0.3, -0.25) is 9.59 Å². The number of nitrogens with one attached hydrogen (secondary N) is 2. The van der Waals surface area contributed by atoms with Gasteiger partial charge in [0.15, 0.2) is 0 Å². The van der Waals surface area contributed by atoms with Crippen LogP contribution in [0.15, 0.2) is 36.7 Å². The van der Waals surface area contributed by atoms with Gasteiger partial charge in [0.05, 0.1) is 19.2 Å². The number of nitrogens with two attached hydrogens (primary N) is 1. The minimum atomic E-state index is -0.583. The number of ether oxygens (including phenoxy) is 1. The largest absolute Gasteiger partial charge is 0.495 e. The number of benzene rings is 1. The first-order valence-corrected chi connectivity index (χ1v) is 9.75. The maximum atomic E-state index is 12.3. The Kier molecular flexibility index (Phi) is 7.39. The maximum absolute atomic E-state index is 12.3. The van der Waals surface area contributed by atoms with Gasteiger partial charge in [0.1, 0.15) is 5.75 Å². The molecule has 160 valence electrons. The highest BCUT2D eigenvalue weighted by molar-refractivity contribution is 5.95. The number of carbonyl (C=O) groups is 2. The van der Waals surface area contributed by atoms with Crippen molar-refractivity contribution in [2.75, 3.05) is 37.0 Å². The molecule has 10 heteroatoms. The van der Waals surface area contributed by atoms with Gasteiger partial charge in [-0.2, -0.15) is 5.90 Å². The van der Waals surface area contributed by atoms with E-state index in [1.807, 2.05) is 6.07 Å². The lowest BCUT2D eigenvalue weighted by Crippen LogP contribution is -2.39. The highest BCUT2D eigenvalue weighted by Gasteiger charge is 2.22. The van der Waals surface area contributed by atoms with Gasteiger partial charge >= 0.3 is 5.97 Å². The lowest BCUT2D eigenvalue weighted by atomic mass is 10.0. The maximum Gasteiger partial charge on any atom is 0.326 e. The van der Waals surface area contributed by atoms with Crippen molar-refractivity contribution in [3.63, 3.8) is 0 Å². The first-order chi connectivity index (χ1) is 14.6. The Morgan fingerprint density at radius 1 is 1.23 bits per heavy atom.